The Balaban J connectivity index is 2.21. The molecule has 1 heterocycles. The standard InChI is InChI=1S/C15H18F3NO3S/c1-2-8-19-9-4-6-13(11-19)12-5-3-7-14(10-12)23(20,21)22-15(16,17)18/h2-3,5,7,10,13H,1,4,6,8-9,11H2. The predicted molar refractivity (Wildman–Crippen MR) is 79.4 cm³/mol. The zero-order valence-electron chi connectivity index (χ0n) is 12.4. The van der Waals surface area contributed by atoms with Gasteiger partial charge in [0.15, 0.2) is 0 Å². The van der Waals surface area contributed by atoms with Crippen LogP contribution in [0, 0.1) is 0 Å². The van der Waals surface area contributed by atoms with Crippen LogP contribution in [0.3, 0.4) is 0 Å². The van der Waals surface area contributed by atoms with Gasteiger partial charge in [0.25, 0.3) is 0 Å². The molecular weight excluding hydrogens is 331 g/mol. The molecule has 0 aromatic heterocycles. The first-order valence-corrected chi connectivity index (χ1v) is 8.58. The van der Waals surface area contributed by atoms with Crippen molar-refractivity contribution in [2.75, 3.05) is 19.6 Å². The first-order valence-electron chi connectivity index (χ1n) is 7.17. The zero-order chi connectivity index (χ0) is 17.1. The lowest BCUT2D eigenvalue weighted by atomic mass is 9.91. The Kier molecular flexibility index (Phi) is 5.49. The minimum Gasteiger partial charge on any atom is -0.299 e. The smallest absolute Gasteiger partial charge is 0.299 e. The van der Waals surface area contributed by atoms with Gasteiger partial charge in [-0.05, 0) is 43.0 Å². The number of hydrogen-bond acceptors (Lipinski definition) is 4. The van der Waals surface area contributed by atoms with Gasteiger partial charge in [-0.15, -0.1) is 19.8 Å². The van der Waals surface area contributed by atoms with Crippen LogP contribution in [0.4, 0.5) is 13.2 Å². The number of halogens is 3. The van der Waals surface area contributed by atoms with E-state index in [1.54, 1.807) is 12.1 Å². The summed E-state index contributed by atoms with van der Waals surface area (Å²) < 4.78 is 63.3. The molecule has 128 valence electrons. The van der Waals surface area contributed by atoms with Gasteiger partial charge >= 0.3 is 16.5 Å². The second-order valence-electron chi connectivity index (χ2n) is 5.44. The summed E-state index contributed by atoms with van der Waals surface area (Å²) >= 11 is 0. The summed E-state index contributed by atoms with van der Waals surface area (Å²) in [7, 11) is -4.86. The molecule has 0 N–H and O–H groups in total. The van der Waals surface area contributed by atoms with Crippen molar-refractivity contribution >= 4 is 10.1 Å². The van der Waals surface area contributed by atoms with Gasteiger partial charge in [0.1, 0.15) is 0 Å². The molecule has 1 aromatic rings. The Morgan fingerprint density at radius 3 is 2.78 bits per heavy atom. The van der Waals surface area contributed by atoms with Crippen LogP contribution in [-0.2, 0) is 14.3 Å². The SMILES string of the molecule is C=CCN1CCCC(c2cccc(S(=O)(=O)OC(F)(F)F)c2)C1. The lowest BCUT2D eigenvalue weighted by Crippen LogP contribution is -2.34. The van der Waals surface area contributed by atoms with Crippen molar-refractivity contribution in [3.8, 4) is 0 Å². The third kappa shape index (κ3) is 5.05. The van der Waals surface area contributed by atoms with Crippen LogP contribution in [0.15, 0.2) is 41.8 Å². The number of hydrogen-bond donors (Lipinski definition) is 0. The van der Waals surface area contributed by atoms with Crippen LogP contribution < -0.4 is 0 Å². The van der Waals surface area contributed by atoms with Gasteiger partial charge < -0.3 is 0 Å². The fourth-order valence-electron chi connectivity index (χ4n) is 2.77. The average molecular weight is 349 g/mol. The molecule has 1 saturated heterocycles. The molecule has 23 heavy (non-hydrogen) atoms. The number of nitrogens with zero attached hydrogens (tertiary/aromatic N) is 1. The second kappa shape index (κ2) is 7.02. The van der Waals surface area contributed by atoms with Crippen LogP contribution in [0.25, 0.3) is 0 Å². The zero-order valence-corrected chi connectivity index (χ0v) is 13.2. The molecule has 1 fully saturated rings. The number of benzene rings is 1. The second-order valence-corrected chi connectivity index (χ2v) is 6.99. The van der Waals surface area contributed by atoms with Gasteiger partial charge in [-0.2, -0.15) is 12.6 Å². The molecule has 8 heteroatoms. The van der Waals surface area contributed by atoms with Crippen molar-refractivity contribution in [1.29, 1.82) is 0 Å². The Hall–Kier alpha value is -1.38. The Bertz CT molecular complexity index is 658. The summed E-state index contributed by atoms with van der Waals surface area (Å²) in [5, 5.41) is 0. The molecule has 1 aromatic carbocycles. The molecule has 0 aliphatic carbocycles. The van der Waals surface area contributed by atoms with Crippen molar-refractivity contribution in [1.82, 2.24) is 4.90 Å². The van der Waals surface area contributed by atoms with Crippen molar-refractivity contribution in [3.05, 3.63) is 42.5 Å². The quantitative estimate of drug-likeness (QED) is 0.605. The third-order valence-corrected chi connectivity index (χ3v) is 4.95. The predicted octanol–water partition coefficient (Wildman–Crippen LogP) is 3.28. The molecule has 1 aliphatic heterocycles. The van der Waals surface area contributed by atoms with E-state index in [0.29, 0.717) is 5.56 Å². The maximum atomic E-state index is 12.2. The monoisotopic (exact) mass is 349 g/mol. The number of likely N-dealkylation sites (tertiary alicyclic amines) is 1. The molecule has 4 nitrogen and oxygen atoms in total. The molecule has 1 unspecified atom stereocenters. The molecule has 0 radical (unpaired) electrons. The summed E-state index contributed by atoms with van der Waals surface area (Å²) in [6, 6.07) is 5.54. The fourth-order valence-corrected chi connectivity index (χ4v) is 3.64. The summed E-state index contributed by atoms with van der Waals surface area (Å²) in [5.41, 5.74) is 0.700. The normalized spacial score (nSPS) is 20.4. The van der Waals surface area contributed by atoms with E-state index in [-0.39, 0.29) is 5.92 Å². The highest BCUT2D eigenvalue weighted by atomic mass is 32.2. The van der Waals surface area contributed by atoms with Gasteiger partial charge in [-0.25, -0.2) is 0 Å². The van der Waals surface area contributed by atoms with E-state index in [4.69, 9.17) is 0 Å². The number of rotatable bonds is 5. The summed E-state index contributed by atoms with van der Waals surface area (Å²) in [4.78, 5) is 1.70. The fraction of sp³-hybridized carbons (Fsp3) is 0.467. The molecule has 2 rings (SSSR count). The van der Waals surface area contributed by atoms with Crippen LogP contribution in [-0.4, -0.2) is 39.3 Å². The molecule has 1 aliphatic rings. The van der Waals surface area contributed by atoms with E-state index >= 15 is 0 Å². The van der Waals surface area contributed by atoms with Crippen LogP contribution in [0.5, 0.6) is 0 Å². The van der Waals surface area contributed by atoms with E-state index in [2.05, 4.69) is 15.7 Å². The van der Waals surface area contributed by atoms with E-state index in [9.17, 15) is 21.6 Å². The van der Waals surface area contributed by atoms with Gasteiger partial charge in [-0.3, -0.25) is 4.90 Å². The topological polar surface area (TPSA) is 46.6 Å². The van der Waals surface area contributed by atoms with Crippen LogP contribution in [0.1, 0.15) is 24.3 Å². The number of piperidine rings is 1. The molecule has 0 saturated carbocycles. The highest BCUT2D eigenvalue weighted by Crippen LogP contribution is 2.30. The van der Waals surface area contributed by atoms with Gasteiger partial charge in [0, 0.05) is 13.1 Å². The Morgan fingerprint density at radius 2 is 2.13 bits per heavy atom. The summed E-state index contributed by atoms with van der Waals surface area (Å²) in [5.74, 6) is 0.0738. The van der Waals surface area contributed by atoms with Gasteiger partial charge in [0.2, 0.25) is 0 Å². The van der Waals surface area contributed by atoms with E-state index in [1.807, 2.05) is 0 Å². The maximum Gasteiger partial charge on any atom is 0.537 e. The summed E-state index contributed by atoms with van der Waals surface area (Å²) in [6.45, 7) is 6.06. The third-order valence-electron chi connectivity index (χ3n) is 3.72. The van der Waals surface area contributed by atoms with Crippen molar-refractivity contribution in [2.24, 2.45) is 0 Å². The van der Waals surface area contributed by atoms with Crippen LogP contribution >= 0.6 is 0 Å². The highest BCUT2D eigenvalue weighted by Gasteiger charge is 2.38. The molecule has 0 spiro atoms. The molecule has 1 atom stereocenters. The first-order chi connectivity index (χ1) is 10.7. The lowest BCUT2D eigenvalue weighted by molar-refractivity contribution is -0.271. The van der Waals surface area contributed by atoms with E-state index in [0.717, 1.165) is 38.5 Å². The largest absolute Gasteiger partial charge is 0.537 e. The lowest BCUT2D eigenvalue weighted by Gasteiger charge is -2.32. The van der Waals surface area contributed by atoms with E-state index in [1.165, 1.54) is 12.1 Å². The highest BCUT2D eigenvalue weighted by molar-refractivity contribution is 7.86. The molecular formula is C15H18F3NO3S. The number of alkyl halides is 3. The van der Waals surface area contributed by atoms with Crippen molar-refractivity contribution in [3.63, 3.8) is 0 Å². The van der Waals surface area contributed by atoms with Crippen molar-refractivity contribution < 1.29 is 25.8 Å². The van der Waals surface area contributed by atoms with Crippen LogP contribution in [0.2, 0.25) is 0 Å². The van der Waals surface area contributed by atoms with E-state index < -0.39 is 21.4 Å². The first kappa shape index (κ1) is 18.0. The Labute approximate surface area is 133 Å². The minimum absolute atomic E-state index is 0.0738. The van der Waals surface area contributed by atoms with Gasteiger partial charge in [-0.1, -0.05) is 18.2 Å². The molecule has 0 amide bonds. The molecule has 0 bridgehead atoms. The van der Waals surface area contributed by atoms with Crippen molar-refractivity contribution in [2.45, 2.75) is 30.0 Å². The van der Waals surface area contributed by atoms with Gasteiger partial charge in [0.05, 0.1) is 4.90 Å². The maximum absolute atomic E-state index is 12.2. The minimum atomic E-state index is -5.24. The summed E-state index contributed by atoms with van der Waals surface area (Å²) in [6.07, 6.45) is -1.65. The Morgan fingerprint density at radius 1 is 1.39 bits per heavy atom. The average Bonchev–Trinajstić information content (AvgIpc) is 2.46.